The highest BCUT2D eigenvalue weighted by Gasteiger charge is 2.33. The molecule has 6 heteroatoms. The highest BCUT2D eigenvalue weighted by molar-refractivity contribution is 7.91. The smallest absolute Gasteiger partial charge is 0.317 e. The highest BCUT2D eigenvalue weighted by atomic mass is 32.2. The van der Waals surface area contributed by atoms with Gasteiger partial charge in [0.2, 0.25) is 0 Å². The number of carboxylic acids is 1. The number of nitrogens with zero attached hydrogens (tertiary/aromatic N) is 1. The predicted molar refractivity (Wildman–Crippen MR) is 71.5 cm³/mol. The first-order chi connectivity index (χ1) is 8.96. The molecule has 5 nitrogen and oxygen atoms in total. The van der Waals surface area contributed by atoms with Crippen molar-refractivity contribution in [1.29, 1.82) is 0 Å². The van der Waals surface area contributed by atoms with Gasteiger partial charge in [-0.3, -0.25) is 9.69 Å². The van der Waals surface area contributed by atoms with Crippen molar-refractivity contribution in [2.45, 2.75) is 19.0 Å². The van der Waals surface area contributed by atoms with Crippen LogP contribution < -0.4 is 0 Å². The second-order valence-electron chi connectivity index (χ2n) is 4.84. The lowest BCUT2D eigenvalue weighted by atomic mass is 10.1. The molecule has 0 saturated carbocycles. The fraction of sp³-hybridized carbons (Fsp3) is 0.462. The Hall–Kier alpha value is -1.40. The van der Waals surface area contributed by atoms with Crippen LogP contribution >= 0.6 is 0 Å². The first-order valence-corrected chi connectivity index (χ1v) is 7.98. The third-order valence-electron chi connectivity index (χ3n) is 3.29. The summed E-state index contributed by atoms with van der Waals surface area (Å²) in [6.45, 7) is 0.336. The molecule has 1 aliphatic heterocycles. The van der Waals surface area contributed by atoms with Crippen molar-refractivity contribution in [2.75, 3.05) is 18.1 Å². The molecular formula is C13H17NO4S. The maximum Gasteiger partial charge on any atom is 0.317 e. The summed E-state index contributed by atoms with van der Waals surface area (Å²) in [4.78, 5) is 12.7. The van der Waals surface area contributed by atoms with Crippen LogP contribution in [-0.4, -0.2) is 48.5 Å². The van der Waals surface area contributed by atoms with E-state index in [0.717, 1.165) is 5.56 Å². The average molecular weight is 283 g/mol. The van der Waals surface area contributed by atoms with Gasteiger partial charge in [0, 0.05) is 12.6 Å². The Morgan fingerprint density at radius 2 is 2.00 bits per heavy atom. The number of benzene rings is 1. The van der Waals surface area contributed by atoms with Gasteiger partial charge in [-0.05, 0) is 12.0 Å². The molecule has 1 aliphatic rings. The van der Waals surface area contributed by atoms with Crippen molar-refractivity contribution in [2.24, 2.45) is 0 Å². The number of hydrogen-bond donors (Lipinski definition) is 1. The predicted octanol–water partition coefficient (Wildman–Crippen LogP) is 0.760. The zero-order chi connectivity index (χ0) is 13.9. The summed E-state index contributed by atoms with van der Waals surface area (Å²) in [6.07, 6.45) is 0.516. The molecule has 1 fully saturated rings. The number of aliphatic carboxylic acids is 1. The van der Waals surface area contributed by atoms with Gasteiger partial charge in [0.1, 0.15) is 0 Å². The van der Waals surface area contributed by atoms with Gasteiger partial charge in [0.25, 0.3) is 0 Å². The van der Waals surface area contributed by atoms with Crippen molar-refractivity contribution in [3.05, 3.63) is 35.9 Å². The molecule has 1 N–H and O–H groups in total. The normalized spacial score (nSPS) is 21.6. The van der Waals surface area contributed by atoms with Crippen LogP contribution in [0.2, 0.25) is 0 Å². The van der Waals surface area contributed by atoms with Crippen molar-refractivity contribution < 1.29 is 18.3 Å². The van der Waals surface area contributed by atoms with E-state index >= 15 is 0 Å². The molecule has 0 spiro atoms. The molecule has 0 aromatic heterocycles. The Morgan fingerprint density at radius 3 is 2.53 bits per heavy atom. The molecule has 0 amide bonds. The van der Waals surface area contributed by atoms with Crippen LogP contribution in [0.25, 0.3) is 0 Å². The molecular weight excluding hydrogens is 266 g/mol. The first kappa shape index (κ1) is 14.0. The van der Waals surface area contributed by atoms with Crippen molar-refractivity contribution in [3.63, 3.8) is 0 Å². The van der Waals surface area contributed by atoms with E-state index in [2.05, 4.69) is 0 Å². The molecule has 19 heavy (non-hydrogen) atoms. The SMILES string of the molecule is O=C(O)CN(Cc1ccccc1)C1CCS(=O)(=O)C1. The molecule has 104 valence electrons. The van der Waals surface area contributed by atoms with Gasteiger partial charge in [-0.2, -0.15) is 0 Å². The second kappa shape index (κ2) is 5.71. The van der Waals surface area contributed by atoms with Crippen LogP contribution in [0.1, 0.15) is 12.0 Å². The van der Waals surface area contributed by atoms with E-state index in [4.69, 9.17) is 5.11 Å². The summed E-state index contributed by atoms with van der Waals surface area (Å²) < 4.78 is 23.0. The van der Waals surface area contributed by atoms with E-state index in [9.17, 15) is 13.2 Å². The van der Waals surface area contributed by atoms with Gasteiger partial charge in [-0.25, -0.2) is 8.42 Å². The Bertz CT molecular complexity index is 541. The van der Waals surface area contributed by atoms with Gasteiger partial charge in [0.15, 0.2) is 9.84 Å². The summed E-state index contributed by atoms with van der Waals surface area (Å²) >= 11 is 0. The molecule has 0 radical (unpaired) electrons. The van der Waals surface area contributed by atoms with Crippen LogP contribution in [0.5, 0.6) is 0 Å². The average Bonchev–Trinajstić information content (AvgIpc) is 2.70. The molecule has 1 saturated heterocycles. The lowest BCUT2D eigenvalue weighted by Gasteiger charge is -2.26. The van der Waals surface area contributed by atoms with Crippen molar-refractivity contribution in [3.8, 4) is 0 Å². The van der Waals surface area contributed by atoms with Gasteiger partial charge >= 0.3 is 5.97 Å². The Balaban J connectivity index is 2.10. The number of sulfone groups is 1. The fourth-order valence-corrected chi connectivity index (χ4v) is 4.13. The summed E-state index contributed by atoms with van der Waals surface area (Å²) in [5.41, 5.74) is 0.994. The van der Waals surface area contributed by atoms with Gasteiger partial charge in [-0.15, -0.1) is 0 Å². The minimum absolute atomic E-state index is 0.0626. The fourth-order valence-electron chi connectivity index (χ4n) is 2.37. The number of rotatable bonds is 5. The van der Waals surface area contributed by atoms with E-state index < -0.39 is 15.8 Å². The molecule has 0 bridgehead atoms. The van der Waals surface area contributed by atoms with E-state index in [1.807, 2.05) is 30.3 Å². The van der Waals surface area contributed by atoms with Gasteiger partial charge in [-0.1, -0.05) is 30.3 Å². The Kier molecular flexibility index (Phi) is 4.21. The van der Waals surface area contributed by atoms with Gasteiger partial charge < -0.3 is 5.11 Å². The van der Waals surface area contributed by atoms with E-state index in [1.54, 1.807) is 4.90 Å². The molecule has 1 atom stereocenters. The number of hydrogen-bond acceptors (Lipinski definition) is 4. The minimum atomic E-state index is -3.00. The summed E-state index contributed by atoms with van der Waals surface area (Å²) in [5, 5.41) is 8.96. The van der Waals surface area contributed by atoms with Crippen LogP contribution in [-0.2, 0) is 21.2 Å². The molecule has 1 aromatic rings. The van der Waals surface area contributed by atoms with E-state index in [-0.39, 0.29) is 24.1 Å². The van der Waals surface area contributed by atoms with Crippen LogP contribution in [0, 0.1) is 0 Å². The van der Waals surface area contributed by atoms with Gasteiger partial charge in [0.05, 0.1) is 18.1 Å². The minimum Gasteiger partial charge on any atom is -0.480 e. The largest absolute Gasteiger partial charge is 0.480 e. The monoisotopic (exact) mass is 283 g/mol. The van der Waals surface area contributed by atoms with Crippen LogP contribution in [0.4, 0.5) is 0 Å². The van der Waals surface area contributed by atoms with E-state index in [0.29, 0.717) is 13.0 Å². The molecule has 1 aromatic carbocycles. The zero-order valence-corrected chi connectivity index (χ0v) is 11.3. The summed E-state index contributed by atoms with van der Waals surface area (Å²) in [7, 11) is -3.00. The Labute approximate surface area is 112 Å². The molecule has 1 unspecified atom stereocenters. The second-order valence-corrected chi connectivity index (χ2v) is 7.07. The lowest BCUT2D eigenvalue weighted by Crippen LogP contribution is -2.39. The number of carbonyl (C=O) groups is 1. The summed E-state index contributed by atoms with van der Waals surface area (Å²) in [5.74, 6) is -0.712. The number of carboxylic acid groups (broad SMARTS) is 1. The first-order valence-electron chi connectivity index (χ1n) is 6.16. The standard InChI is InChI=1S/C13H17NO4S/c15-13(16)9-14(8-11-4-2-1-3-5-11)12-6-7-19(17,18)10-12/h1-5,12H,6-10H2,(H,15,16). The quantitative estimate of drug-likeness (QED) is 0.863. The third kappa shape index (κ3) is 4.04. The maximum atomic E-state index is 11.5. The Morgan fingerprint density at radius 1 is 1.32 bits per heavy atom. The topological polar surface area (TPSA) is 74.7 Å². The highest BCUT2D eigenvalue weighted by Crippen LogP contribution is 2.19. The maximum absolute atomic E-state index is 11.5. The zero-order valence-electron chi connectivity index (χ0n) is 10.5. The van der Waals surface area contributed by atoms with Crippen LogP contribution in [0.15, 0.2) is 30.3 Å². The lowest BCUT2D eigenvalue weighted by molar-refractivity contribution is -0.139. The third-order valence-corrected chi connectivity index (χ3v) is 5.04. The van der Waals surface area contributed by atoms with Crippen molar-refractivity contribution in [1.82, 2.24) is 4.90 Å². The molecule has 0 aliphatic carbocycles. The van der Waals surface area contributed by atoms with E-state index in [1.165, 1.54) is 0 Å². The van der Waals surface area contributed by atoms with Crippen LogP contribution in [0.3, 0.4) is 0 Å². The van der Waals surface area contributed by atoms with Crippen molar-refractivity contribution >= 4 is 15.8 Å². The molecule has 2 rings (SSSR count). The summed E-state index contributed by atoms with van der Waals surface area (Å²) in [6, 6.07) is 9.31. The molecule has 1 heterocycles.